The van der Waals surface area contributed by atoms with Crippen LogP contribution in [0, 0.1) is 22.7 Å². The lowest BCUT2D eigenvalue weighted by atomic mass is 9.42. The number of fused-ring (bicyclic) bond motifs is 3. The fraction of sp³-hybridized carbons (Fsp3) is 0.739. The number of carbonyl (C=O) groups is 2. The van der Waals surface area contributed by atoms with Crippen LogP contribution in [0.5, 0.6) is 0 Å². The van der Waals surface area contributed by atoms with Crippen LogP contribution in [-0.2, 0) is 28.5 Å². The average Bonchev–Trinajstić information content (AvgIpc) is 3.18. The predicted octanol–water partition coefficient (Wildman–Crippen LogP) is 2.40. The Kier molecular flexibility index (Phi) is 4.86. The van der Waals surface area contributed by atoms with Gasteiger partial charge < -0.3 is 28.5 Å². The zero-order valence-corrected chi connectivity index (χ0v) is 18.2. The van der Waals surface area contributed by atoms with Gasteiger partial charge in [-0.05, 0) is 31.2 Å². The second-order valence-corrected chi connectivity index (χ2v) is 9.64. The number of hydrogen-bond acceptors (Lipinski definition) is 8. The Hall–Kier alpha value is -1.74. The molecule has 4 fully saturated rings. The highest BCUT2D eigenvalue weighted by Gasteiger charge is 2.79. The third kappa shape index (κ3) is 2.68. The van der Waals surface area contributed by atoms with Crippen molar-refractivity contribution in [2.24, 2.45) is 22.7 Å². The molecule has 170 valence electrons. The monoisotopic (exact) mass is 434 g/mol. The maximum absolute atomic E-state index is 13.6. The number of furan rings is 1. The van der Waals surface area contributed by atoms with Gasteiger partial charge in [0.15, 0.2) is 12.1 Å². The molecule has 0 unspecified atom stereocenters. The Morgan fingerprint density at radius 1 is 1.39 bits per heavy atom. The molecule has 0 aromatic carbocycles. The van der Waals surface area contributed by atoms with E-state index in [1.54, 1.807) is 19.6 Å². The molecule has 0 amide bonds. The number of ketones is 1. The quantitative estimate of drug-likeness (QED) is 0.569. The van der Waals surface area contributed by atoms with Crippen molar-refractivity contribution < 1.29 is 38.1 Å². The van der Waals surface area contributed by atoms with E-state index in [0.29, 0.717) is 13.0 Å². The molecule has 3 heterocycles. The summed E-state index contributed by atoms with van der Waals surface area (Å²) >= 11 is 0. The van der Waals surface area contributed by atoms with E-state index in [9.17, 15) is 14.7 Å². The van der Waals surface area contributed by atoms with Crippen LogP contribution in [0.3, 0.4) is 0 Å². The summed E-state index contributed by atoms with van der Waals surface area (Å²) in [6.45, 7) is 3.60. The highest BCUT2D eigenvalue weighted by atomic mass is 16.7. The van der Waals surface area contributed by atoms with Crippen molar-refractivity contribution in [2.45, 2.75) is 63.6 Å². The fourth-order valence-electron chi connectivity index (χ4n) is 7.04. The Labute approximate surface area is 181 Å². The van der Waals surface area contributed by atoms with Gasteiger partial charge in [0, 0.05) is 30.9 Å². The van der Waals surface area contributed by atoms with Gasteiger partial charge in [-0.2, -0.15) is 0 Å². The summed E-state index contributed by atoms with van der Waals surface area (Å²) in [5, 5.41) is 11.4. The molecule has 2 aliphatic heterocycles. The van der Waals surface area contributed by atoms with Crippen molar-refractivity contribution >= 4 is 11.8 Å². The standard InChI is InChI=1S/C23H30O8/c1-13-18(25)19(26)23(12-29-14(2)24)17(5-4-7-21(23)11-30-21)22(13)9-16(31-20(22)27-3)15-6-8-28-10-15/h6,8,10,13,16-17,19-20,26H,4-5,7,9,11-12H2,1-3H3/t13-,16-,17+,19-,20+,21-,22+,23-/m0/s1. The van der Waals surface area contributed by atoms with Crippen LogP contribution in [0.1, 0.15) is 51.2 Å². The minimum atomic E-state index is -1.27. The molecule has 2 aliphatic carbocycles. The summed E-state index contributed by atoms with van der Waals surface area (Å²) in [6.07, 6.45) is 3.98. The second-order valence-electron chi connectivity index (χ2n) is 9.64. The maximum atomic E-state index is 13.6. The SMILES string of the molecule is CO[C@@H]1O[C@H](c2ccoc2)C[C@@]12[C@H]1CCC[C@]3(CO3)[C@]1(COC(C)=O)[C@@H](O)C(=O)[C@@H]2C. The summed E-state index contributed by atoms with van der Waals surface area (Å²) in [7, 11) is 1.59. The lowest BCUT2D eigenvalue weighted by Crippen LogP contribution is -2.71. The first kappa shape index (κ1) is 21.1. The predicted molar refractivity (Wildman–Crippen MR) is 106 cm³/mol. The topological polar surface area (TPSA) is 108 Å². The number of esters is 1. The average molecular weight is 434 g/mol. The summed E-state index contributed by atoms with van der Waals surface area (Å²) < 4.78 is 29.0. The van der Waals surface area contributed by atoms with Crippen LogP contribution < -0.4 is 0 Å². The molecule has 8 heteroatoms. The van der Waals surface area contributed by atoms with Crippen molar-refractivity contribution in [1.82, 2.24) is 0 Å². The van der Waals surface area contributed by atoms with E-state index in [2.05, 4.69) is 0 Å². The number of hydrogen-bond donors (Lipinski definition) is 1. The number of Topliss-reactive ketones (excluding diaryl/α,β-unsaturated/α-hetero) is 1. The molecule has 1 aromatic heterocycles. The van der Waals surface area contributed by atoms with Crippen LogP contribution in [0.25, 0.3) is 0 Å². The van der Waals surface area contributed by atoms with Crippen molar-refractivity contribution in [2.75, 3.05) is 20.3 Å². The van der Waals surface area contributed by atoms with E-state index in [1.807, 2.05) is 13.0 Å². The van der Waals surface area contributed by atoms with E-state index in [-0.39, 0.29) is 24.4 Å². The Morgan fingerprint density at radius 3 is 2.77 bits per heavy atom. The normalized spacial score (nSPS) is 46.3. The molecule has 1 aromatic rings. The molecule has 8 nitrogen and oxygen atoms in total. The molecule has 1 N–H and O–H groups in total. The van der Waals surface area contributed by atoms with Gasteiger partial charge in [0.25, 0.3) is 0 Å². The van der Waals surface area contributed by atoms with Crippen LogP contribution in [0.2, 0.25) is 0 Å². The van der Waals surface area contributed by atoms with E-state index in [0.717, 1.165) is 24.8 Å². The van der Waals surface area contributed by atoms with Gasteiger partial charge in [-0.3, -0.25) is 9.59 Å². The molecule has 2 saturated carbocycles. The first-order valence-corrected chi connectivity index (χ1v) is 11.0. The summed E-state index contributed by atoms with van der Waals surface area (Å²) in [6, 6.07) is 1.86. The third-order valence-corrected chi connectivity index (χ3v) is 8.58. The van der Waals surface area contributed by atoms with E-state index in [4.69, 9.17) is 23.4 Å². The van der Waals surface area contributed by atoms with Gasteiger partial charge in [0.1, 0.15) is 18.3 Å². The zero-order valence-electron chi connectivity index (χ0n) is 18.2. The zero-order chi connectivity index (χ0) is 22.0. The molecule has 2 spiro atoms. The maximum Gasteiger partial charge on any atom is 0.302 e. The van der Waals surface area contributed by atoms with E-state index in [1.165, 1.54) is 6.92 Å². The number of rotatable bonds is 4. The number of aliphatic hydroxyl groups is 1. The van der Waals surface area contributed by atoms with Crippen LogP contribution in [0.4, 0.5) is 0 Å². The largest absolute Gasteiger partial charge is 0.472 e. The fourth-order valence-corrected chi connectivity index (χ4v) is 7.04. The molecule has 2 saturated heterocycles. The minimum absolute atomic E-state index is 0.0544. The Bertz CT molecular complexity index is 861. The highest BCUT2D eigenvalue weighted by molar-refractivity contribution is 5.88. The number of aliphatic hydroxyl groups excluding tert-OH is 1. The molecule has 4 aliphatic rings. The molecule has 0 radical (unpaired) electrons. The molecule has 0 bridgehead atoms. The van der Waals surface area contributed by atoms with Gasteiger partial charge in [-0.15, -0.1) is 0 Å². The molecular formula is C23H30O8. The number of methoxy groups -OCH3 is 1. The van der Waals surface area contributed by atoms with Crippen molar-refractivity contribution in [3.8, 4) is 0 Å². The van der Waals surface area contributed by atoms with Gasteiger partial charge in [-0.25, -0.2) is 0 Å². The first-order valence-electron chi connectivity index (χ1n) is 11.0. The number of ether oxygens (including phenoxy) is 4. The van der Waals surface area contributed by atoms with Crippen LogP contribution in [-0.4, -0.2) is 55.2 Å². The van der Waals surface area contributed by atoms with Crippen molar-refractivity contribution in [3.63, 3.8) is 0 Å². The van der Waals surface area contributed by atoms with E-state index >= 15 is 0 Å². The van der Waals surface area contributed by atoms with Crippen molar-refractivity contribution in [1.29, 1.82) is 0 Å². The Balaban J connectivity index is 1.65. The number of epoxide rings is 1. The third-order valence-electron chi connectivity index (χ3n) is 8.58. The lowest BCUT2D eigenvalue weighted by Gasteiger charge is -2.61. The smallest absolute Gasteiger partial charge is 0.302 e. The van der Waals surface area contributed by atoms with Gasteiger partial charge in [0.2, 0.25) is 0 Å². The Morgan fingerprint density at radius 2 is 2.16 bits per heavy atom. The molecule has 8 atom stereocenters. The van der Waals surface area contributed by atoms with E-state index < -0.39 is 40.7 Å². The molecule has 5 rings (SSSR count). The summed E-state index contributed by atoms with van der Waals surface area (Å²) in [4.78, 5) is 25.4. The first-order chi connectivity index (χ1) is 14.8. The second kappa shape index (κ2) is 7.13. The van der Waals surface area contributed by atoms with Gasteiger partial charge in [0.05, 0.1) is 30.7 Å². The molecule has 31 heavy (non-hydrogen) atoms. The van der Waals surface area contributed by atoms with Crippen LogP contribution in [0.15, 0.2) is 23.0 Å². The summed E-state index contributed by atoms with van der Waals surface area (Å²) in [5.74, 6) is -1.38. The highest BCUT2D eigenvalue weighted by Crippen LogP contribution is 2.71. The van der Waals surface area contributed by atoms with Crippen LogP contribution >= 0.6 is 0 Å². The number of carbonyl (C=O) groups excluding carboxylic acids is 2. The van der Waals surface area contributed by atoms with Gasteiger partial charge >= 0.3 is 5.97 Å². The minimum Gasteiger partial charge on any atom is -0.472 e. The summed E-state index contributed by atoms with van der Waals surface area (Å²) in [5.41, 5.74) is -1.48. The van der Waals surface area contributed by atoms with Crippen molar-refractivity contribution in [3.05, 3.63) is 24.2 Å². The molecular weight excluding hydrogens is 404 g/mol. The van der Waals surface area contributed by atoms with Gasteiger partial charge in [-0.1, -0.05) is 13.3 Å². The lowest BCUT2D eigenvalue weighted by molar-refractivity contribution is -0.255.